The van der Waals surface area contributed by atoms with Crippen molar-refractivity contribution in [1.29, 1.82) is 0 Å². The van der Waals surface area contributed by atoms with Crippen molar-refractivity contribution in [2.75, 3.05) is 34.6 Å². The molecule has 4 rings (SSSR count). The average molecular weight is 456 g/mol. The Morgan fingerprint density at radius 3 is 2.03 bits per heavy atom. The van der Waals surface area contributed by atoms with Gasteiger partial charge in [0.15, 0.2) is 0 Å². The highest BCUT2D eigenvalue weighted by atomic mass is 32.2. The fourth-order valence-corrected chi connectivity index (χ4v) is 6.00. The quantitative estimate of drug-likeness (QED) is 0.759. The van der Waals surface area contributed by atoms with Gasteiger partial charge >= 0.3 is 0 Å². The van der Waals surface area contributed by atoms with Gasteiger partial charge in [0.1, 0.15) is 0 Å². The van der Waals surface area contributed by atoms with Crippen LogP contribution >= 0.6 is 0 Å². The van der Waals surface area contributed by atoms with Crippen LogP contribution in [0, 0.1) is 0 Å². The van der Waals surface area contributed by atoms with E-state index in [0.717, 1.165) is 25.9 Å². The highest BCUT2D eigenvalue weighted by Crippen LogP contribution is 2.27. The summed E-state index contributed by atoms with van der Waals surface area (Å²) in [6.07, 6.45) is 2.44. The molecule has 7 heteroatoms. The minimum Gasteiger partial charge on any atom is -0.371 e. The van der Waals surface area contributed by atoms with Gasteiger partial charge in [-0.3, -0.25) is 9.10 Å². The van der Waals surface area contributed by atoms with E-state index in [1.165, 1.54) is 15.6 Å². The molecule has 2 aromatic rings. The predicted molar refractivity (Wildman–Crippen MR) is 130 cm³/mol. The number of sulfonamides is 1. The molecule has 6 nitrogen and oxygen atoms in total. The molecular formula is C25H33N3O3S. The van der Waals surface area contributed by atoms with Crippen molar-refractivity contribution in [1.82, 2.24) is 5.32 Å². The van der Waals surface area contributed by atoms with Crippen molar-refractivity contribution in [2.45, 2.75) is 51.5 Å². The lowest BCUT2D eigenvalue weighted by molar-refractivity contribution is 0.0931. The van der Waals surface area contributed by atoms with E-state index in [1.54, 1.807) is 24.3 Å². The summed E-state index contributed by atoms with van der Waals surface area (Å²) in [6.45, 7) is 8.98. The Kier molecular flexibility index (Phi) is 6.21. The minimum atomic E-state index is -3.21. The molecule has 2 fully saturated rings. The van der Waals surface area contributed by atoms with Gasteiger partial charge in [-0.25, -0.2) is 8.42 Å². The van der Waals surface area contributed by atoms with Gasteiger partial charge in [0.2, 0.25) is 10.0 Å². The van der Waals surface area contributed by atoms with E-state index in [-0.39, 0.29) is 23.1 Å². The predicted octanol–water partition coefficient (Wildman–Crippen LogP) is 3.92. The van der Waals surface area contributed by atoms with Gasteiger partial charge in [-0.05, 0) is 66.6 Å². The van der Waals surface area contributed by atoms with Crippen LogP contribution < -0.4 is 14.5 Å². The molecule has 0 saturated carbocycles. The number of rotatable bonds is 4. The number of nitrogens with zero attached hydrogens (tertiary/aromatic N) is 2. The third-order valence-electron chi connectivity index (χ3n) is 6.45. The second-order valence-corrected chi connectivity index (χ2v) is 11.8. The molecule has 32 heavy (non-hydrogen) atoms. The summed E-state index contributed by atoms with van der Waals surface area (Å²) in [5.41, 5.74) is 3.90. The van der Waals surface area contributed by atoms with E-state index in [0.29, 0.717) is 24.2 Å². The molecule has 2 heterocycles. The number of benzene rings is 2. The lowest BCUT2D eigenvalue weighted by atomic mass is 9.87. The molecule has 0 unspecified atom stereocenters. The van der Waals surface area contributed by atoms with E-state index in [2.05, 4.69) is 55.3 Å². The summed E-state index contributed by atoms with van der Waals surface area (Å²) in [6, 6.07) is 15.8. The van der Waals surface area contributed by atoms with Crippen LogP contribution in [0.2, 0.25) is 0 Å². The first-order valence-corrected chi connectivity index (χ1v) is 13.0. The Hall–Kier alpha value is -2.54. The average Bonchev–Trinajstić information content (AvgIpc) is 3.13. The molecule has 2 aromatic carbocycles. The number of piperidine rings is 1. The highest BCUT2D eigenvalue weighted by Gasteiger charge is 2.28. The zero-order valence-electron chi connectivity index (χ0n) is 19.2. The largest absolute Gasteiger partial charge is 0.371 e. The van der Waals surface area contributed by atoms with Crippen LogP contribution in [0.1, 0.15) is 56.0 Å². The Morgan fingerprint density at radius 2 is 1.50 bits per heavy atom. The number of anilines is 2. The van der Waals surface area contributed by atoms with Crippen molar-refractivity contribution >= 4 is 27.3 Å². The lowest BCUT2D eigenvalue weighted by Gasteiger charge is -2.34. The molecule has 0 aliphatic carbocycles. The maximum Gasteiger partial charge on any atom is 0.251 e. The third kappa shape index (κ3) is 4.93. The van der Waals surface area contributed by atoms with Crippen LogP contribution in [0.15, 0.2) is 48.5 Å². The van der Waals surface area contributed by atoms with Crippen LogP contribution in [0.25, 0.3) is 0 Å². The van der Waals surface area contributed by atoms with Crippen LogP contribution in [0.3, 0.4) is 0 Å². The van der Waals surface area contributed by atoms with Gasteiger partial charge in [0.05, 0.1) is 11.4 Å². The van der Waals surface area contributed by atoms with Gasteiger partial charge < -0.3 is 10.2 Å². The van der Waals surface area contributed by atoms with Crippen molar-refractivity contribution in [3.8, 4) is 0 Å². The van der Waals surface area contributed by atoms with Crippen molar-refractivity contribution in [2.24, 2.45) is 0 Å². The van der Waals surface area contributed by atoms with Gasteiger partial charge in [-0.2, -0.15) is 0 Å². The molecule has 172 valence electrons. The summed E-state index contributed by atoms with van der Waals surface area (Å²) < 4.78 is 25.6. The number of hydrogen-bond donors (Lipinski definition) is 1. The van der Waals surface area contributed by atoms with E-state index < -0.39 is 10.0 Å². The van der Waals surface area contributed by atoms with Crippen LogP contribution in [0.5, 0.6) is 0 Å². The smallest absolute Gasteiger partial charge is 0.251 e. The Labute approximate surface area is 191 Å². The number of amides is 1. The molecule has 2 aliphatic rings. The SMILES string of the molecule is CC(C)(C)c1ccc(N2CCC(NC(=O)c3ccc(N4CCCS4(=O)=O)cc3)CC2)cc1. The summed E-state index contributed by atoms with van der Waals surface area (Å²) in [7, 11) is -3.21. The molecule has 0 radical (unpaired) electrons. The first-order valence-electron chi connectivity index (χ1n) is 11.4. The van der Waals surface area contributed by atoms with Crippen molar-refractivity contribution < 1.29 is 13.2 Å². The number of hydrogen-bond acceptors (Lipinski definition) is 4. The summed E-state index contributed by atoms with van der Waals surface area (Å²) in [5.74, 6) is 0.0862. The Balaban J connectivity index is 1.31. The zero-order valence-corrected chi connectivity index (χ0v) is 20.0. The number of nitrogens with one attached hydrogen (secondary N) is 1. The molecule has 0 aromatic heterocycles. The fourth-order valence-electron chi connectivity index (χ4n) is 4.43. The topological polar surface area (TPSA) is 69.7 Å². The van der Waals surface area contributed by atoms with Crippen molar-refractivity contribution in [3.63, 3.8) is 0 Å². The molecule has 2 saturated heterocycles. The lowest BCUT2D eigenvalue weighted by Crippen LogP contribution is -2.44. The molecule has 0 bridgehead atoms. The highest BCUT2D eigenvalue weighted by molar-refractivity contribution is 7.93. The standard InChI is InChI=1S/C25H33N3O3S/c1-25(2,3)20-7-11-22(12-8-20)27-16-13-21(14-17-27)26-24(29)19-5-9-23(10-6-19)28-15-4-18-32(28,30)31/h5-12,21H,4,13-18H2,1-3H3,(H,26,29). The maximum absolute atomic E-state index is 12.7. The second-order valence-electron chi connectivity index (χ2n) is 9.82. The molecule has 1 amide bonds. The van der Waals surface area contributed by atoms with E-state index in [1.807, 2.05) is 0 Å². The Bertz CT molecular complexity index is 1050. The molecular weight excluding hydrogens is 422 g/mol. The van der Waals surface area contributed by atoms with Crippen LogP contribution in [-0.2, 0) is 15.4 Å². The first kappa shape index (κ1) is 22.6. The number of carbonyl (C=O) groups excluding carboxylic acids is 1. The summed E-state index contributed by atoms with van der Waals surface area (Å²) in [4.78, 5) is 15.1. The number of carbonyl (C=O) groups is 1. The van der Waals surface area contributed by atoms with Crippen LogP contribution in [-0.4, -0.2) is 45.8 Å². The molecule has 1 N–H and O–H groups in total. The monoisotopic (exact) mass is 455 g/mol. The van der Waals surface area contributed by atoms with Crippen LogP contribution in [0.4, 0.5) is 11.4 Å². The van der Waals surface area contributed by atoms with E-state index >= 15 is 0 Å². The minimum absolute atomic E-state index is 0.103. The molecule has 2 aliphatic heterocycles. The van der Waals surface area contributed by atoms with Crippen molar-refractivity contribution in [3.05, 3.63) is 59.7 Å². The summed E-state index contributed by atoms with van der Waals surface area (Å²) >= 11 is 0. The van der Waals surface area contributed by atoms with E-state index in [9.17, 15) is 13.2 Å². The van der Waals surface area contributed by atoms with E-state index in [4.69, 9.17) is 0 Å². The fraction of sp³-hybridized carbons (Fsp3) is 0.480. The third-order valence-corrected chi connectivity index (χ3v) is 8.31. The normalized spacial score (nSPS) is 19.2. The van der Waals surface area contributed by atoms with Gasteiger partial charge in [-0.1, -0.05) is 32.9 Å². The zero-order chi connectivity index (χ0) is 22.9. The van der Waals surface area contributed by atoms with Gasteiger partial charge in [-0.15, -0.1) is 0 Å². The Morgan fingerprint density at radius 1 is 0.906 bits per heavy atom. The van der Waals surface area contributed by atoms with Gasteiger partial charge in [0, 0.05) is 36.9 Å². The molecule has 0 spiro atoms. The second kappa shape index (κ2) is 8.77. The summed E-state index contributed by atoms with van der Waals surface area (Å²) in [5, 5.41) is 3.14. The van der Waals surface area contributed by atoms with Gasteiger partial charge in [0.25, 0.3) is 5.91 Å². The first-order chi connectivity index (χ1) is 15.1. The maximum atomic E-state index is 12.7. The molecule has 0 atom stereocenters.